The van der Waals surface area contributed by atoms with E-state index in [2.05, 4.69) is 9.95 Å². The normalized spacial score (nSPS) is 9.52. The van der Waals surface area contributed by atoms with Gasteiger partial charge >= 0.3 is 11.4 Å². The van der Waals surface area contributed by atoms with Crippen LogP contribution in [0.4, 0.5) is 11.4 Å². The van der Waals surface area contributed by atoms with E-state index in [0.29, 0.717) is 22.5 Å². The highest BCUT2D eigenvalue weighted by atomic mass is 32.3. The summed E-state index contributed by atoms with van der Waals surface area (Å²) in [5, 5.41) is 17.0. The van der Waals surface area contributed by atoms with Crippen molar-refractivity contribution in [3.05, 3.63) is 68.6 Å². The number of benzene rings is 2. The largest absolute Gasteiger partial charge is 0.759 e. The van der Waals surface area contributed by atoms with Crippen LogP contribution in [0, 0.1) is 24.6 Å². The van der Waals surface area contributed by atoms with E-state index in [1.165, 1.54) is 13.8 Å². The zero-order chi connectivity index (χ0) is 22.8. The molecule has 0 bridgehead atoms. The van der Waals surface area contributed by atoms with Crippen molar-refractivity contribution in [1.29, 1.82) is 10.8 Å². The van der Waals surface area contributed by atoms with Crippen molar-refractivity contribution < 1.29 is 27.1 Å². The summed E-state index contributed by atoms with van der Waals surface area (Å²) >= 11 is 0. The van der Waals surface area contributed by atoms with E-state index >= 15 is 0 Å². The third kappa shape index (κ3) is 10.4. The maximum atomic E-state index is 10.9. The summed E-state index contributed by atoms with van der Waals surface area (Å²) < 4.78 is 34.1. The third-order valence-electron chi connectivity index (χ3n) is 3.42. The summed E-state index contributed by atoms with van der Waals surface area (Å²) in [6, 6.07) is 9.93. The van der Waals surface area contributed by atoms with Crippen molar-refractivity contribution in [2.24, 2.45) is 0 Å². The Morgan fingerprint density at radius 2 is 1.07 bits per heavy atom. The van der Waals surface area contributed by atoms with Gasteiger partial charge in [-0.1, -0.05) is 0 Å². The molecule has 2 aromatic carbocycles. The van der Waals surface area contributed by atoms with Crippen LogP contribution in [0.1, 0.15) is 45.7 Å². The quantitative estimate of drug-likeness (QED) is 0.304. The van der Waals surface area contributed by atoms with Crippen molar-refractivity contribution in [2.75, 3.05) is 0 Å². The van der Waals surface area contributed by atoms with E-state index in [1.54, 1.807) is 50.2 Å². The smallest absolute Gasteiger partial charge is 0.387 e. The number of hydrogen-bond acceptors (Lipinski definition) is 8. The number of hydrogen-bond donors (Lipinski definition) is 0. The maximum Gasteiger partial charge on any atom is 0.387 e. The highest BCUT2D eigenvalue weighted by Gasteiger charge is 2.11. The Bertz CT molecular complexity index is 1020. The number of Topliss-reactive ketones (excluding diaryl/α,β-unsaturated/α-hetero) is 2. The van der Waals surface area contributed by atoms with Crippen molar-refractivity contribution >= 4 is 33.3 Å². The second-order valence-electron chi connectivity index (χ2n) is 5.72. The molecule has 0 amide bonds. The fourth-order valence-corrected chi connectivity index (χ4v) is 1.97. The van der Waals surface area contributed by atoms with E-state index in [4.69, 9.17) is 28.3 Å². The standard InChI is InChI=1S/2C9H9N2O.H2O4S/c2*1-6-5-8(7(2)12)3-4-9(6)11-10;1-5(2,3)4/h2*3-5H,1-2H3;(H2,1,2,3,4)/q2*+1;/p-2. The molecule has 0 aromatic heterocycles. The molecule has 0 N–H and O–H groups in total. The molecule has 2 aromatic rings. The van der Waals surface area contributed by atoms with Gasteiger partial charge in [0.15, 0.2) is 21.5 Å². The van der Waals surface area contributed by atoms with Crippen LogP contribution in [0.15, 0.2) is 36.4 Å². The van der Waals surface area contributed by atoms with Crippen molar-refractivity contribution in [1.82, 2.24) is 0 Å². The zero-order valence-electron chi connectivity index (χ0n) is 16.1. The minimum absolute atomic E-state index is 0.0163. The van der Waals surface area contributed by atoms with E-state index in [1.807, 2.05) is 0 Å². The summed E-state index contributed by atoms with van der Waals surface area (Å²) in [5.74, 6) is 0.0326. The topological polar surface area (TPSA) is 171 Å². The van der Waals surface area contributed by atoms with Gasteiger partial charge in [0.05, 0.1) is 0 Å². The van der Waals surface area contributed by atoms with Gasteiger partial charge in [-0.05, 0) is 52.0 Å². The lowest BCUT2D eigenvalue weighted by molar-refractivity contribution is 0.100. The molecule has 0 saturated carbocycles. The molecule has 0 atom stereocenters. The minimum Gasteiger partial charge on any atom is -0.759 e. The number of ketones is 2. The Morgan fingerprint density at radius 1 is 0.793 bits per heavy atom. The van der Waals surface area contributed by atoms with Crippen LogP contribution in [0.3, 0.4) is 0 Å². The highest BCUT2D eigenvalue weighted by Crippen LogP contribution is 2.20. The molecular formula is C18H18N4O6S. The SMILES string of the molecule is CC(=O)c1ccc([N+]#N)c(C)c1.CC(=O)c1ccc([N+]#N)c(C)c1.O=S(=O)([O-])[O-]. The Balaban J connectivity index is 0.000000442. The lowest BCUT2D eigenvalue weighted by Crippen LogP contribution is -1.91. The Kier molecular flexibility index (Phi) is 9.98. The predicted molar refractivity (Wildman–Crippen MR) is 102 cm³/mol. The number of aryl methyl sites for hydroxylation is 2. The second-order valence-corrected chi connectivity index (χ2v) is 6.54. The number of carbonyl (C=O) groups excluding carboxylic acids is 2. The molecule has 0 unspecified atom stereocenters. The molecule has 29 heavy (non-hydrogen) atoms. The Labute approximate surface area is 168 Å². The Morgan fingerprint density at radius 3 is 1.24 bits per heavy atom. The van der Waals surface area contributed by atoms with Gasteiger partial charge in [-0.2, -0.15) is 0 Å². The average Bonchev–Trinajstić information content (AvgIpc) is 2.60. The average molecular weight is 418 g/mol. The first-order chi connectivity index (χ1) is 13.3. The molecule has 0 fully saturated rings. The lowest BCUT2D eigenvalue weighted by Gasteiger charge is -2.06. The monoisotopic (exact) mass is 418 g/mol. The minimum atomic E-state index is -5.17. The van der Waals surface area contributed by atoms with Gasteiger partial charge < -0.3 is 9.11 Å². The van der Waals surface area contributed by atoms with Crippen LogP contribution in [0.2, 0.25) is 0 Å². The molecule has 0 aliphatic carbocycles. The highest BCUT2D eigenvalue weighted by molar-refractivity contribution is 7.79. The van der Waals surface area contributed by atoms with Crippen LogP contribution < -0.4 is 0 Å². The molecule has 0 spiro atoms. The van der Waals surface area contributed by atoms with E-state index in [0.717, 1.165) is 11.1 Å². The van der Waals surface area contributed by atoms with E-state index in [-0.39, 0.29) is 11.6 Å². The van der Waals surface area contributed by atoms with Gasteiger partial charge in [-0.15, -0.1) is 0 Å². The molecule has 11 heteroatoms. The Hall–Kier alpha value is -3.51. The molecule has 0 radical (unpaired) electrons. The molecule has 0 aliphatic heterocycles. The summed E-state index contributed by atoms with van der Waals surface area (Å²) in [4.78, 5) is 27.9. The van der Waals surface area contributed by atoms with E-state index < -0.39 is 10.4 Å². The van der Waals surface area contributed by atoms with Gasteiger partial charge in [0.25, 0.3) is 0 Å². The first-order valence-corrected chi connectivity index (χ1v) is 9.23. The number of carbonyl (C=O) groups is 2. The van der Waals surface area contributed by atoms with Crippen molar-refractivity contribution in [3.8, 4) is 0 Å². The molecule has 152 valence electrons. The first kappa shape index (κ1) is 25.5. The molecule has 0 aliphatic rings. The zero-order valence-corrected chi connectivity index (χ0v) is 16.9. The molecule has 0 saturated heterocycles. The summed E-state index contributed by atoms with van der Waals surface area (Å²) in [5.41, 5.74) is 3.87. The van der Waals surface area contributed by atoms with Crippen LogP contribution in [-0.2, 0) is 10.4 Å². The molecule has 0 heterocycles. The van der Waals surface area contributed by atoms with Crippen LogP contribution in [-0.4, -0.2) is 29.1 Å². The van der Waals surface area contributed by atoms with Gasteiger partial charge in [0.2, 0.25) is 10.8 Å². The molecule has 10 nitrogen and oxygen atoms in total. The lowest BCUT2D eigenvalue weighted by atomic mass is 10.1. The number of rotatable bonds is 2. The van der Waals surface area contributed by atoms with Gasteiger partial charge in [-0.25, -0.2) is 0 Å². The van der Waals surface area contributed by atoms with Gasteiger partial charge in [0, 0.05) is 44.8 Å². The van der Waals surface area contributed by atoms with Crippen molar-refractivity contribution in [2.45, 2.75) is 27.7 Å². The van der Waals surface area contributed by atoms with Gasteiger partial charge in [-0.3, -0.25) is 18.0 Å². The first-order valence-electron chi connectivity index (χ1n) is 7.90. The number of nitrogens with zero attached hydrogens (tertiary/aromatic N) is 4. The van der Waals surface area contributed by atoms with Crippen LogP contribution in [0.25, 0.3) is 9.95 Å². The predicted octanol–water partition coefficient (Wildman–Crippen LogP) is 4.03. The van der Waals surface area contributed by atoms with Crippen LogP contribution in [0.5, 0.6) is 0 Å². The van der Waals surface area contributed by atoms with Crippen LogP contribution >= 0.6 is 0 Å². The van der Waals surface area contributed by atoms with Gasteiger partial charge in [0.1, 0.15) is 0 Å². The van der Waals surface area contributed by atoms with Crippen molar-refractivity contribution in [3.63, 3.8) is 0 Å². The maximum absolute atomic E-state index is 10.9. The third-order valence-corrected chi connectivity index (χ3v) is 3.42. The summed E-state index contributed by atoms with van der Waals surface area (Å²) in [6.45, 7) is 6.60. The molecule has 2 rings (SSSR count). The van der Waals surface area contributed by atoms with E-state index in [9.17, 15) is 9.59 Å². The molecular weight excluding hydrogens is 400 g/mol. The second kappa shape index (κ2) is 11.4. The number of diazo groups is 2. The summed E-state index contributed by atoms with van der Waals surface area (Å²) in [6.07, 6.45) is 0. The fourth-order valence-electron chi connectivity index (χ4n) is 1.97. The fraction of sp³-hybridized carbons (Fsp3) is 0.222. The summed E-state index contributed by atoms with van der Waals surface area (Å²) in [7, 11) is -5.17.